The third-order valence-electron chi connectivity index (χ3n) is 2.49. The van der Waals surface area contributed by atoms with Crippen molar-refractivity contribution >= 4 is 11.6 Å². The smallest absolute Gasteiger partial charge is 0.0559 e. The minimum Gasteiger partial charge on any atom is -0.380 e. The lowest BCUT2D eigenvalue weighted by Gasteiger charge is -2.40. The highest BCUT2D eigenvalue weighted by Crippen LogP contribution is 2.50. The largest absolute Gasteiger partial charge is 0.380 e. The zero-order valence-corrected chi connectivity index (χ0v) is 6.16. The van der Waals surface area contributed by atoms with Gasteiger partial charge in [0.1, 0.15) is 0 Å². The standard InChI is InChI=1S/C7H11ClO/c8-3-7(4-9-5-7)6-1-2-6/h6H,1-5H2. The molecular weight excluding hydrogens is 136 g/mol. The van der Waals surface area contributed by atoms with Crippen LogP contribution in [0.3, 0.4) is 0 Å². The van der Waals surface area contributed by atoms with E-state index in [0.29, 0.717) is 5.41 Å². The number of halogens is 1. The average molecular weight is 147 g/mol. The lowest BCUT2D eigenvalue weighted by molar-refractivity contribution is -0.111. The van der Waals surface area contributed by atoms with Crippen molar-refractivity contribution in [3.63, 3.8) is 0 Å². The van der Waals surface area contributed by atoms with E-state index in [0.717, 1.165) is 25.0 Å². The quantitative estimate of drug-likeness (QED) is 0.539. The molecule has 0 unspecified atom stereocenters. The van der Waals surface area contributed by atoms with Gasteiger partial charge in [-0.05, 0) is 18.8 Å². The summed E-state index contributed by atoms with van der Waals surface area (Å²) in [5.41, 5.74) is 0.418. The second kappa shape index (κ2) is 1.86. The molecule has 2 aliphatic rings. The van der Waals surface area contributed by atoms with Crippen molar-refractivity contribution in [3.05, 3.63) is 0 Å². The first-order valence-corrected chi connectivity index (χ1v) is 4.04. The Bertz CT molecular complexity index is 111. The van der Waals surface area contributed by atoms with Crippen LogP contribution < -0.4 is 0 Å². The molecule has 0 N–H and O–H groups in total. The highest BCUT2D eigenvalue weighted by atomic mass is 35.5. The van der Waals surface area contributed by atoms with Crippen LogP contribution in [0.5, 0.6) is 0 Å². The van der Waals surface area contributed by atoms with E-state index in [4.69, 9.17) is 16.3 Å². The Morgan fingerprint density at radius 3 is 2.22 bits per heavy atom. The van der Waals surface area contributed by atoms with E-state index in [-0.39, 0.29) is 0 Å². The first-order valence-electron chi connectivity index (χ1n) is 3.51. The van der Waals surface area contributed by atoms with Crippen LogP contribution in [0.4, 0.5) is 0 Å². The van der Waals surface area contributed by atoms with Gasteiger partial charge in [-0.25, -0.2) is 0 Å². The fraction of sp³-hybridized carbons (Fsp3) is 1.00. The molecule has 0 amide bonds. The van der Waals surface area contributed by atoms with E-state index in [2.05, 4.69) is 0 Å². The molecule has 1 saturated heterocycles. The first-order chi connectivity index (χ1) is 4.37. The molecular formula is C7H11ClO. The SMILES string of the molecule is ClCC1(C2CC2)COC1. The zero-order chi connectivity index (χ0) is 6.32. The van der Waals surface area contributed by atoms with Crippen molar-refractivity contribution in [2.45, 2.75) is 12.8 Å². The monoisotopic (exact) mass is 146 g/mol. The first kappa shape index (κ1) is 5.99. The second-order valence-corrected chi connectivity index (χ2v) is 3.53. The van der Waals surface area contributed by atoms with Crippen LogP contribution in [-0.4, -0.2) is 19.1 Å². The van der Waals surface area contributed by atoms with Gasteiger partial charge in [0, 0.05) is 11.3 Å². The van der Waals surface area contributed by atoms with Crippen molar-refractivity contribution < 1.29 is 4.74 Å². The molecule has 1 aliphatic heterocycles. The van der Waals surface area contributed by atoms with Crippen LogP contribution in [0.1, 0.15) is 12.8 Å². The molecule has 0 spiro atoms. The summed E-state index contributed by atoms with van der Waals surface area (Å²) in [5.74, 6) is 1.71. The zero-order valence-electron chi connectivity index (χ0n) is 5.40. The molecule has 0 aromatic rings. The molecule has 1 saturated carbocycles. The highest BCUT2D eigenvalue weighted by molar-refractivity contribution is 6.18. The van der Waals surface area contributed by atoms with E-state index in [1.807, 2.05) is 0 Å². The fourth-order valence-corrected chi connectivity index (χ4v) is 1.85. The molecule has 52 valence electrons. The lowest BCUT2D eigenvalue weighted by atomic mass is 9.83. The third kappa shape index (κ3) is 0.786. The molecule has 2 heteroatoms. The summed E-state index contributed by atoms with van der Waals surface area (Å²) in [7, 11) is 0. The van der Waals surface area contributed by atoms with Gasteiger partial charge >= 0.3 is 0 Å². The Morgan fingerprint density at radius 1 is 1.44 bits per heavy atom. The van der Waals surface area contributed by atoms with Crippen LogP contribution in [0.15, 0.2) is 0 Å². The van der Waals surface area contributed by atoms with Gasteiger partial charge in [0.05, 0.1) is 13.2 Å². The molecule has 0 aromatic carbocycles. The molecule has 2 fully saturated rings. The molecule has 9 heavy (non-hydrogen) atoms. The van der Waals surface area contributed by atoms with Crippen LogP contribution in [-0.2, 0) is 4.74 Å². The number of alkyl halides is 1. The van der Waals surface area contributed by atoms with Crippen molar-refractivity contribution in [3.8, 4) is 0 Å². The van der Waals surface area contributed by atoms with Crippen molar-refractivity contribution in [2.24, 2.45) is 11.3 Å². The van der Waals surface area contributed by atoms with E-state index in [1.54, 1.807) is 0 Å². The van der Waals surface area contributed by atoms with E-state index in [9.17, 15) is 0 Å². The summed E-state index contributed by atoms with van der Waals surface area (Å²) < 4.78 is 5.15. The van der Waals surface area contributed by atoms with Gasteiger partial charge in [-0.1, -0.05) is 0 Å². The van der Waals surface area contributed by atoms with E-state index >= 15 is 0 Å². The van der Waals surface area contributed by atoms with E-state index < -0.39 is 0 Å². The molecule has 0 bridgehead atoms. The summed E-state index contributed by atoms with van der Waals surface area (Å²) in [6.07, 6.45) is 2.77. The Kier molecular flexibility index (Phi) is 1.24. The van der Waals surface area contributed by atoms with Gasteiger partial charge in [0.15, 0.2) is 0 Å². The second-order valence-electron chi connectivity index (χ2n) is 3.26. The van der Waals surface area contributed by atoms with Crippen LogP contribution >= 0.6 is 11.6 Å². The van der Waals surface area contributed by atoms with Gasteiger partial charge < -0.3 is 4.74 Å². The molecule has 0 aromatic heterocycles. The van der Waals surface area contributed by atoms with Gasteiger partial charge in [-0.3, -0.25) is 0 Å². The van der Waals surface area contributed by atoms with Gasteiger partial charge in [-0.2, -0.15) is 0 Å². The summed E-state index contributed by atoms with van der Waals surface area (Å²) in [4.78, 5) is 0. The normalized spacial score (nSPS) is 31.7. The Hall–Kier alpha value is 0.250. The minimum atomic E-state index is 0.418. The molecule has 1 heterocycles. The average Bonchev–Trinajstić information content (AvgIpc) is 2.47. The van der Waals surface area contributed by atoms with Crippen LogP contribution in [0, 0.1) is 11.3 Å². The van der Waals surface area contributed by atoms with Crippen LogP contribution in [0.25, 0.3) is 0 Å². The maximum Gasteiger partial charge on any atom is 0.0559 e. The summed E-state index contributed by atoms with van der Waals surface area (Å²) >= 11 is 5.82. The van der Waals surface area contributed by atoms with Gasteiger partial charge in [-0.15, -0.1) is 11.6 Å². The number of hydrogen-bond donors (Lipinski definition) is 0. The summed E-state index contributed by atoms with van der Waals surface area (Å²) in [6.45, 7) is 1.84. The summed E-state index contributed by atoms with van der Waals surface area (Å²) in [6, 6.07) is 0. The minimum absolute atomic E-state index is 0.418. The van der Waals surface area contributed by atoms with Gasteiger partial charge in [0.25, 0.3) is 0 Å². The number of ether oxygens (including phenoxy) is 1. The Labute approximate surface area is 60.3 Å². The van der Waals surface area contributed by atoms with Crippen LogP contribution in [0.2, 0.25) is 0 Å². The topological polar surface area (TPSA) is 9.23 Å². The van der Waals surface area contributed by atoms with Crippen molar-refractivity contribution in [2.75, 3.05) is 19.1 Å². The number of rotatable bonds is 2. The third-order valence-corrected chi connectivity index (χ3v) is 3.02. The van der Waals surface area contributed by atoms with E-state index in [1.165, 1.54) is 12.8 Å². The molecule has 0 radical (unpaired) electrons. The van der Waals surface area contributed by atoms with Crippen molar-refractivity contribution in [1.82, 2.24) is 0 Å². The van der Waals surface area contributed by atoms with Gasteiger partial charge in [0.2, 0.25) is 0 Å². The fourth-order valence-electron chi connectivity index (χ4n) is 1.48. The predicted molar refractivity (Wildman–Crippen MR) is 36.7 cm³/mol. The number of hydrogen-bond acceptors (Lipinski definition) is 1. The summed E-state index contributed by atoms with van der Waals surface area (Å²) in [5, 5.41) is 0. The Balaban J connectivity index is 1.99. The Morgan fingerprint density at radius 2 is 2.11 bits per heavy atom. The maximum absolute atomic E-state index is 5.82. The van der Waals surface area contributed by atoms with Crippen molar-refractivity contribution in [1.29, 1.82) is 0 Å². The predicted octanol–water partition coefficient (Wildman–Crippen LogP) is 1.65. The molecule has 1 nitrogen and oxygen atoms in total. The lowest BCUT2D eigenvalue weighted by Crippen LogP contribution is -2.45. The molecule has 2 rings (SSSR count). The maximum atomic E-state index is 5.82. The molecule has 1 aliphatic carbocycles. The molecule has 0 atom stereocenters. The highest BCUT2D eigenvalue weighted by Gasteiger charge is 2.49.